The summed E-state index contributed by atoms with van der Waals surface area (Å²) < 4.78 is 5.88. The van der Waals surface area contributed by atoms with Crippen LogP contribution in [-0.2, 0) is 4.74 Å². The number of benzene rings is 1. The van der Waals surface area contributed by atoms with Gasteiger partial charge in [-0.2, -0.15) is 0 Å². The Labute approximate surface area is 121 Å². The highest BCUT2D eigenvalue weighted by Gasteiger charge is 2.27. The number of morpholine rings is 1. The van der Waals surface area contributed by atoms with E-state index in [2.05, 4.69) is 41.6 Å². The van der Waals surface area contributed by atoms with Crippen molar-refractivity contribution in [2.45, 2.75) is 37.3 Å². The van der Waals surface area contributed by atoms with E-state index in [0.717, 1.165) is 25.6 Å². The van der Waals surface area contributed by atoms with Crippen molar-refractivity contribution in [3.05, 3.63) is 35.4 Å². The largest absolute Gasteiger partial charge is 0.374 e. The number of nitrogens with one attached hydrogen (secondary N) is 1. The topological polar surface area (TPSA) is 50.5 Å². The van der Waals surface area contributed by atoms with Gasteiger partial charge in [0, 0.05) is 13.1 Å². The predicted molar refractivity (Wildman–Crippen MR) is 80.3 cm³/mol. The summed E-state index contributed by atoms with van der Waals surface area (Å²) in [7, 11) is 2.13. The normalized spacial score (nSPS) is 26.2. The molecule has 0 bridgehead atoms. The Bertz CT molecular complexity index is 430. The van der Waals surface area contributed by atoms with Crippen LogP contribution in [0, 0.1) is 0 Å². The Morgan fingerprint density at radius 2 is 2.05 bits per heavy atom. The van der Waals surface area contributed by atoms with Crippen molar-refractivity contribution in [2.75, 3.05) is 26.7 Å². The summed E-state index contributed by atoms with van der Waals surface area (Å²) in [5, 5.41) is 0. The van der Waals surface area contributed by atoms with Crippen LogP contribution in [0.25, 0.3) is 0 Å². The minimum absolute atomic E-state index is 0.0631. The minimum Gasteiger partial charge on any atom is -0.374 e. The maximum Gasteiger partial charge on any atom is 0.0909 e. The maximum atomic E-state index is 5.88. The van der Waals surface area contributed by atoms with Gasteiger partial charge in [-0.15, -0.1) is 0 Å². The van der Waals surface area contributed by atoms with Gasteiger partial charge in [0.25, 0.3) is 0 Å². The fourth-order valence-corrected chi connectivity index (χ4v) is 3.15. The second-order valence-electron chi connectivity index (χ2n) is 6.11. The van der Waals surface area contributed by atoms with Gasteiger partial charge in [0.05, 0.1) is 18.8 Å². The highest BCUT2D eigenvalue weighted by atomic mass is 16.5. The van der Waals surface area contributed by atoms with Crippen molar-refractivity contribution >= 4 is 0 Å². The van der Waals surface area contributed by atoms with Crippen LogP contribution < -0.4 is 11.3 Å². The number of hydrogen-bond donors (Lipinski definition) is 2. The fourth-order valence-electron chi connectivity index (χ4n) is 3.15. The third kappa shape index (κ3) is 2.88. The van der Waals surface area contributed by atoms with Crippen molar-refractivity contribution in [1.29, 1.82) is 0 Å². The average molecular weight is 275 g/mol. The molecule has 1 aromatic rings. The van der Waals surface area contributed by atoms with Gasteiger partial charge < -0.3 is 9.64 Å². The molecule has 2 fully saturated rings. The molecule has 1 aliphatic heterocycles. The molecule has 1 saturated carbocycles. The SMILES string of the molecule is CN1CCOC(C(NN)c2ccc(C3CCC3)cc2)C1. The molecule has 2 aliphatic rings. The van der Waals surface area contributed by atoms with Crippen molar-refractivity contribution in [2.24, 2.45) is 5.84 Å². The van der Waals surface area contributed by atoms with E-state index in [4.69, 9.17) is 10.6 Å². The number of nitrogens with two attached hydrogens (primary N) is 1. The molecule has 0 spiro atoms. The summed E-state index contributed by atoms with van der Waals surface area (Å²) in [6.45, 7) is 2.69. The van der Waals surface area contributed by atoms with Crippen LogP contribution in [-0.4, -0.2) is 37.7 Å². The zero-order chi connectivity index (χ0) is 13.9. The van der Waals surface area contributed by atoms with Crippen molar-refractivity contribution < 1.29 is 4.74 Å². The van der Waals surface area contributed by atoms with E-state index in [1.807, 2.05) is 0 Å². The van der Waals surface area contributed by atoms with Crippen LogP contribution in [0.3, 0.4) is 0 Å². The third-order valence-corrected chi connectivity index (χ3v) is 4.72. The molecule has 110 valence electrons. The van der Waals surface area contributed by atoms with Gasteiger partial charge in [-0.25, -0.2) is 0 Å². The molecule has 1 aliphatic carbocycles. The number of likely N-dealkylation sites (N-methyl/N-ethyl adjacent to an activating group) is 1. The van der Waals surface area contributed by atoms with Gasteiger partial charge in [0.15, 0.2) is 0 Å². The first-order valence-corrected chi connectivity index (χ1v) is 7.64. The summed E-state index contributed by atoms with van der Waals surface area (Å²) in [5.74, 6) is 6.55. The molecule has 0 radical (unpaired) electrons. The van der Waals surface area contributed by atoms with Gasteiger partial charge >= 0.3 is 0 Å². The first-order valence-electron chi connectivity index (χ1n) is 7.64. The Balaban J connectivity index is 1.71. The zero-order valence-electron chi connectivity index (χ0n) is 12.2. The highest BCUT2D eigenvalue weighted by Crippen LogP contribution is 2.36. The molecule has 20 heavy (non-hydrogen) atoms. The molecule has 0 amide bonds. The van der Waals surface area contributed by atoms with Crippen LogP contribution in [0.15, 0.2) is 24.3 Å². The van der Waals surface area contributed by atoms with Gasteiger partial charge in [-0.3, -0.25) is 11.3 Å². The average Bonchev–Trinajstić information content (AvgIpc) is 2.40. The third-order valence-electron chi connectivity index (χ3n) is 4.72. The number of hydrogen-bond acceptors (Lipinski definition) is 4. The molecule has 3 N–H and O–H groups in total. The van der Waals surface area contributed by atoms with Crippen LogP contribution in [0.5, 0.6) is 0 Å². The molecule has 1 heterocycles. The van der Waals surface area contributed by atoms with E-state index in [1.165, 1.54) is 30.4 Å². The smallest absolute Gasteiger partial charge is 0.0909 e. The Kier molecular flexibility index (Phi) is 4.36. The standard InChI is InChI=1S/C16H25N3O/c1-19-9-10-20-15(11-19)16(18-17)14-7-5-13(6-8-14)12-3-2-4-12/h5-8,12,15-16,18H,2-4,9-11,17H2,1H3. The molecule has 2 unspecified atom stereocenters. The molecule has 1 aromatic carbocycles. The van der Waals surface area contributed by atoms with Crippen molar-refractivity contribution in [1.82, 2.24) is 10.3 Å². The quantitative estimate of drug-likeness (QED) is 0.650. The predicted octanol–water partition coefficient (Wildman–Crippen LogP) is 1.79. The van der Waals surface area contributed by atoms with E-state index in [1.54, 1.807) is 0 Å². The summed E-state index contributed by atoms with van der Waals surface area (Å²) >= 11 is 0. The molecular formula is C16H25N3O. The lowest BCUT2D eigenvalue weighted by Crippen LogP contribution is -2.48. The van der Waals surface area contributed by atoms with Gasteiger partial charge in [-0.1, -0.05) is 30.7 Å². The highest BCUT2D eigenvalue weighted by molar-refractivity contribution is 5.29. The first-order chi connectivity index (χ1) is 9.78. The van der Waals surface area contributed by atoms with Crippen LogP contribution in [0.2, 0.25) is 0 Å². The number of ether oxygens (including phenoxy) is 1. The molecule has 4 nitrogen and oxygen atoms in total. The lowest BCUT2D eigenvalue weighted by molar-refractivity contribution is -0.0393. The minimum atomic E-state index is 0.0631. The summed E-state index contributed by atoms with van der Waals surface area (Å²) in [5.41, 5.74) is 5.62. The molecule has 1 saturated heterocycles. The lowest BCUT2D eigenvalue weighted by Gasteiger charge is -2.35. The van der Waals surface area contributed by atoms with E-state index in [-0.39, 0.29) is 12.1 Å². The van der Waals surface area contributed by atoms with Gasteiger partial charge in [0.1, 0.15) is 0 Å². The second kappa shape index (κ2) is 6.22. The summed E-state index contributed by atoms with van der Waals surface area (Å²) in [6.07, 6.45) is 4.18. The molecule has 3 rings (SSSR count). The lowest BCUT2D eigenvalue weighted by atomic mass is 9.79. The van der Waals surface area contributed by atoms with Crippen LogP contribution in [0.1, 0.15) is 42.3 Å². The molecule has 0 aromatic heterocycles. The van der Waals surface area contributed by atoms with Crippen molar-refractivity contribution in [3.8, 4) is 0 Å². The van der Waals surface area contributed by atoms with E-state index in [0.29, 0.717) is 0 Å². The fraction of sp³-hybridized carbons (Fsp3) is 0.625. The summed E-state index contributed by atoms with van der Waals surface area (Å²) in [4.78, 5) is 2.29. The number of rotatable bonds is 4. The second-order valence-corrected chi connectivity index (χ2v) is 6.11. The van der Waals surface area contributed by atoms with Crippen LogP contribution in [0.4, 0.5) is 0 Å². The summed E-state index contributed by atoms with van der Waals surface area (Å²) in [6, 6.07) is 8.99. The number of hydrazine groups is 1. The van der Waals surface area contributed by atoms with Gasteiger partial charge in [0.2, 0.25) is 0 Å². The molecule has 4 heteroatoms. The van der Waals surface area contributed by atoms with Crippen LogP contribution >= 0.6 is 0 Å². The van der Waals surface area contributed by atoms with Crippen molar-refractivity contribution in [3.63, 3.8) is 0 Å². The van der Waals surface area contributed by atoms with E-state index < -0.39 is 0 Å². The molecule has 2 atom stereocenters. The molecular weight excluding hydrogens is 250 g/mol. The van der Waals surface area contributed by atoms with Gasteiger partial charge in [-0.05, 0) is 36.9 Å². The van der Waals surface area contributed by atoms with E-state index in [9.17, 15) is 0 Å². The van der Waals surface area contributed by atoms with E-state index >= 15 is 0 Å². The Morgan fingerprint density at radius 3 is 2.60 bits per heavy atom. The zero-order valence-corrected chi connectivity index (χ0v) is 12.2. The monoisotopic (exact) mass is 275 g/mol. The Hall–Kier alpha value is -0.940. The Morgan fingerprint density at radius 1 is 1.30 bits per heavy atom. The first kappa shape index (κ1) is 14.0. The maximum absolute atomic E-state index is 5.88. The number of nitrogens with zero attached hydrogens (tertiary/aromatic N) is 1.